The molecule has 13 rings (SSSR count). The van der Waals surface area contributed by atoms with Gasteiger partial charge in [0.05, 0.1) is 0 Å². The molecule has 0 spiro atoms. The van der Waals surface area contributed by atoms with Crippen molar-refractivity contribution in [3.8, 4) is 34.2 Å². The van der Waals surface area contributed by atoms with Crippen LogP contribution in [0.2, 0.25) is 0 Å². The van der Waals surface area contributed by atoms with Crippen LogP contribution in [0, 0.1) is 0 Å². The first-order chi connectivity index (χ1) is 29.2. The molecule has 0 aliphatic rings. The lowest BCUT2D eigenvalue weighted by atomic mass is 9.90. The fourth-order valence-corrected chi connectivity index (χ4v) is 9.42. The Bertz CT molecular complexity index is 3920. The molecule has 0 atom stereocenters. The van der Waals surface area contributed by atoms with E-state index < -0.39 is 0 Å². The molecule has 0 radical (unpaired) electrons. The molecule has 272 valence electrons. The van der Waals surface area contributed by atoms with Gasteiger partial charge in [0, 0.05) is 32.8 Å². The van der Waals surface area contributed by atoms with Crippen LogP contribution >= 0.6 is 0 Å². The van der Waals surface area contributed by atoms with E-state index in [2.05, 4.69) is 188 Å². The van der Waals surface area contributed by atoms with E-state index in [4.69, 9.17) is 19.4 Å². The molecule has 0 fully saturated rings. The average Bonchev–Trinajstić information content (AvgIpc) is 3.68. The molecular formula is C55H31N3O. The highest BCUT2D eigenvalue weighted by Gasteiger charge is 2.23. The Kier molecular flexibility index (Phi) is 6.69. The van der Waals surface area contributed by atoms with E-state index in [9.17, 15) is 0 Å². The maximum Gasteiger partial charge on any atom is 0.164 e. The fraction of sp³-hybridized carbons (Fsp3) is 0. The standard InChI is InChI=1S/C55H31N3O/c1-2-13-34-27-38(24-21-32(34)11-1)53-56-54(39-25-26-41-37(28-39)23-22-33-12-5-6-16-40(33)41)58-55(57-53)48-31-46-44-19-8-7-17-42(44)43-18-9-10-20-45(43)50(46)52-51(48)47-29-35-14-3-4-15-36(35)30-49(47)59-52/h1-31H. The number of fused-ring (bicyclic) bond motifs is 15. The lowest BCUT2D eigenvalue weighted by molar-refractivity contribution is 0.673. The molecule has 0 aliphatic heterocycles. The van der Waals surface area contributed by atoms with Crippen molar-refractivity contribution in [2.45, 2.75) is 0 Å². The van der Waals surface area contributed by atoms with Crippen LogP contribution in [0.3, 0.4) is 0 Å². The highest BCUT2D eigenvalue weighted by molar-refractivity contribution is 6.34. The van der Waals surface area contributed by atoms with Crippen molar-refractivity contribution < 1.29 is 4.42 Å². The first-order valence-electron chi connectivity index (χ1n) is 20.0. The van der Waals surface area contributed by atoms with Gasteiger partial charge < -0.3 is 4.42 Å². The Morgan fingerprint density at radius 1 is 0.288 bits per heavy atom. The van der Waals surface area contributed by atoms with Crippen LogP contribution in [-0.4, -0.2) is 15.0 Å². The molecule has 4 nitrogen and oxygen atoms in total. The van der Waals surface area contributed by atoms with Crippen molar-refractivity contribution in [1.29, 1.82) is 0 Å². The van der Waals surface area contributed by atoms with Gasteiger partial charge in [-0.1, -0.05) is 158 Å². The molecule has 11 aromatic carbocycles. The van der Waals surface area contributed by atoms with Crippen LogP contribution in [0.1, 0.15) is 0 Å². The number of benzene rings is 11. The van der Waals surface area contributed by atoms with Gasteiger partial charge in [-0.3, -0.25) is 0 Å². The molecule has 0 amide bonds. The van der Waals surface area contributed by atoms with Crippen molar-refractivity contribution >= 4 is 97.3 Å². The number of hydrogen-bond donors (Lipinski definition) is 0. The van der Waals surface area contributed by atoms with Gasteiger partial charge in [0.2, 0.25) is 0 Å². The Labute approximate surface area is 337 Å². The molecule has 0 N–H and O–H groups in total. The van der Waals surface area contributed by atoms with Crippen molar-refractivity contribution in [3.63, 3.8) is 0 Å². The Morgan fingerprint density at radius 2 is 0.780 bits per heavy atom. The van der Waals surface area contributed by atoms with Crippen LogP contribution in [-0.2, 0) is 0 Å². The third-order valence-electron chi connectivity index (χ3n) is 12.2. The van der Waals surface area contributed by atoms with Gasteiger partial charge in [-0.15, -0.1) is 0 Å². The van der Waals surface area contributed by atoms with Crippen molar-refractivity contribution in [3.05, 3.63) is 188 Å². The zero-order chi connectivity index (χ0) is 38.6. The third-order valence-corrected chi connectivity index (χ3v) is 12.2. The Hall–Kier alpha value is -7.95. The minimum atomic E-state index is 0.594. The van der Waals surface area contributed by atoms with Crippen LogP contribution in [0.5, 0.6) is 0 Å². The second-order valence-corrected chi connectivity index (χ2v) is 15.5. The summed E-state index contributed by atoms with van der Waals surface area (Å²) < 4.78 is 7.08. The number of hydrogen-bond acceptors (Lipinski definition) is 4. The molecule has 2 aromatic heterocycles. The van der Waals surface area contributed by atoms with Crippen molar-refractivity contribution in [2.75, 3.05) is 0 Å². The number of nitrogens with zero attached hydrogens (tertiary/aromatic N) is 3. The smallest absolute Gasteiger partial charge is 0.164 e. The minimum absolute atomic E-state index is 0.594. The van der Waals surface area contributed by atoms with Gasteiger partial charge in [0.25, 0.3) is 0 Å². The molecule has 59 heavy (non-hydrogen) atoms. The number of furan rings is 1. The summed E-state index contributed by atoms with van der Waals surface area (Å²) in [6, 6.07) is 66.9. The molecule has 4 heteroatoms. The fourth-order valence-electron chi connectivity index (χ4n) is 9.42. The third kappa shape index (κ3) is 4.87. The molecule has 13 aromatic rings. The molecule has 0 bridgehead atoms. The van der Waals surface area contributed by atoms with Crippen LogP contribution in [0.25, 0.3) is 132 Å². The van der Waals surface area contributed by atoms with Crippen molar-refractivity contribution in [1.82, 2.24) is 15.0 Å². The number of rotatable bonds is 3. The van der Waals surface area contributed by atoms with E-state index in [1.807, 2.05) is 0 Å². The quantitative estimate of drug-likeness (QED) is 0.169. The summed E-state index contributed by atoms with van der Waals surface area (Å²) in [6.07, 6.45) is 0. The maximum absolute atomic E-state index is 7.08. The SMILES string of the molecule is c1ccc2cc(-c3nc(-c4ccc5c(ccc6ccccc65)c4)nc(-c4cc5c6ccccc6c6ccccc6c5c5oc6cc7ccccc7cc6c45)n3)ccc2c1. The highest BCUT2D eigenvalue weighted by Crippen LogP contribution is 2.47. The summed E-state index contributed by atoms with van der Waals surface area (Å²) in [5.41, 5.74) is 4.42. The second kappa shape index (κ2) is 12.3. The summed E-state index contributed by atoms with van der Waals surface area (Å²) in [7, 11) is 0. The first kappa shape index (κ1) is 32.2. The molecule has 0 saturated heterocycles. The van der Waals surface area contributed by atoms with Crippen LogP contribution in [0.15, 0.2) is 192 Å². The maximum atomic E-state index is 7.08. The van der Waals surface area contributed by atoms with Gasteiger partial charge in [-0.2, -0.15) is 0 Å². The molecule has 2 heterocycles. The molecular weight excluding hydrogens is 719 g/mol. The van der Waals surface area contributed by atoms with Gasteiger partial charge >= 0.3 is 0 Å². The lowest BCUT2D eigenvalue weighted by Gasteiger charge is -2.14. The van der Waals surface area contributed by atoms with Gasteiger partial charge in [-0.25, -0.2) is 15.0 Å². The van der Waals surface area contributed by atoms with E-state index in [-0.39, 0.29) is 0 Å². The molecule has 0 saturated carbocycles. The summed E-state index contributed by atoms with van der Waals surface area (Å²) in [6.45, 7) is 0. The number of aromatic nitrogens is 3. The topological polar surface area (TPSA) is 51.8 Å². The van der Waals surface area contributed by atoms with Crippen LogP contribution in [0.4, 0.5) is 0 Å². The van der Waals surface area contributed by atoms with Crippen molar-refractivity contribution in [2.24, 2.45) is 0 Å². The zero-order valence-corrected chi connectivity index (χ0v) is 31.6. The summed E-state index contributed by atoms with van der Waals surface area (Å²) in [4.78, 5) is 16.1. The van der Waals surface area contributed by atoms with E-state index >= 15 is 0 Å². The average molecular weight is 750 g/mol. The monoisotopic (exact) mass is 749 g/mol. The van der Waals surface area contributed by atoms with Gasteiger partial charge in [0.1, 0.15) is 11.2 Å². The predicted octanol–water partition coefficient (Wildman–Crippen LogP) is 14.8. The predicted molar refractivity (Wildman–Crippen MR) is 246 cm³/mol. The second-order valence-electron chi connectivity index (χ2n) is 15.5. The molecule has 0 unspecified atom stereocenters. The summed E-state index contributed by atoms with van der Waals surface area (Å²) in [5, 5.41) is 18.2. The molecule has 0 aliphatic carbocycles. The van der Waals surface area contributed by atoms with E-state index in [0.717, 1.165) is 81.7 Å². The normalized spacial score (nSPS) is 12.1. The van der Waals surface area contributed by atoms with Gasteiger partial charge in [0.15, 0.2) is 17.5 Å². The largest absolute Gasteiger partial charge is 0.455 e. The van der Waals surface area contributed by atoms with E-state index in [0.29, 0.717) is 17.5 Å². The van der Waals surface area contributed by atoms with Gasteiger partial charge in [-0.05, 0) is 100 Å². The summed E-state index contributed by atoms with van der Waals surface area (Å²) >= 11 is 0. The minimum Gasteiger partial charge on any atom is -0.455 e. The van der Waals surface area contributed by atoms with E-state index in [1.54, 1.807) is 0 Å². The Balaban J connectivity index is 1.17. The Morgan fingerprint density at radius 3 is 1.53 bits per heavy atom. The van der Waals surface area contributed by atoms with E-state index in [1.165, 1.54) is 32.3 Å². The van der Waals surface area contributed by atoms with Crippen LogP contribution < -0.4 is 0 Å². The lowest BCUT2D eigenvalue weighted by Crippen LogP contribution is -2.01. The first-order valence-corrected chi connectivity index (χ1v) is 20.0. The summed E-state index contributed by atoms with van der Waals surface area (Å²) in [5.74, 6) is 1.82. The highest BCUT2D eigenvalue weighted by atomic mass is 16.3. The zero-order valence-electron chi connectivity index (χ0n) is 31.6.